The highest BCUT2D eigenvalue weighted by Gasteiger charge is 2.30. The molecule has 1 fully saturated rings. The van der Waals surface area contributed by atoms with Gasteiger partial charge in [0, 0.05) is 6.54 Å². The first-order chi connectivity index (χ1) is 9.20. The fourth-order valence-electron chi connectivity index (χ4n) is 2.49. The van der Waals surface area contributed by atoms with Crippen LogP contribution in [0.25, 0.3) is 0 Å². The number of rotatable bonds is 4. The van der Waals surface area contributed by atoms with Gasteiger partial charge in [0.25, 0.3) is 0 Å². The number of aromatic nitrogens is 2. The van der Waals surface area contributed by atoms with Crippen molar-refractivity contribution in [3.63, 3.8) is 0 Å². The summed E-state index contributed by atoms with van der Waals surface area (Å²) < 4.78 is 0. The zero-order valence-electron chi connectivity index (χ0n) is 10.5. The molecule has 0 saturated heterocycles. The van der Waals surface area contributed by atoms with Crippen molar-refractivity contribution < 1.29 is 9.90 Å². The maximum Gasteiger partial charge on any atom is 0.306 e. The molecule has 1 heterocycles. The van der Waals surface area contributed by atoms with Crippen molar-refractivity contribution in [3.8, 4) is 6.07 Å². The topological polar surface area (TPSA) is 98.9 Å². The molecule has 2 atom stereocenters. The summed E-state index contributed by atoms with van der Waals surface area (Å²) in [6, 6.07) is 1.90. The Morgan fingerprint density at radius 2 is 2.21 bits per heavy atom. The van der Waals surface area contributed by atoms with E-state index in [1.54, 1.807) is 0 Å². The molecular formula is C13H16N4O2. The van der Waals surface area contributed by atoms with E-state index in [0.717, 1.165) is 25.7 Å². The van der Waals surface area contributed by atoms with Crippen molar-refractivity contribution in [1.82, 2.24) is 9.97 Å². The Kier molecular flexibility index (Phi) is 4.29. The van der Waals surface area contributed by atoms with Gasteiger partial charge in [0.1, 0.15) is 11.9 Å². The van der Waals surface area contributed by atoms with Crippen LogP contribution >= 0.6 is 0 Å². The highest BCUT2D eigenvalue weighted by Crippen LogP contribution is 2.30. The van der Waals surface area contributed by atoms with Gasteiger partial charge in [0.15, 0.2) is 5.69 Å². The molecule has 1 aliphatic carbocycles. The molecule has 19 heavy (non-hydrogen) atoms. The number of nitrogens with one attached hydrogen (secondary N) is 1. The average molecular weight is 260 g/mol. The second-order valence-electron chi connectivity index (χ2n) is 4.77. The minimum atomic E-state index is -0.711. The first-order valence-corrected chi connectivity index (χ1v) is 6.39. The SMILES string of the molecule is N#Cc1cnc(NCC2CCCCC2C(=O)O)cn1. The zero-order valence-corrected chi connectivity index (χ0v) is 10.5. The standard InChI is InChI=1S/C13H16N4O2/c14-5-10-7-17-12(8-15-10)16-6-9-3-1-2-4-11(9)13(18)19/h7-9,11H,1-4,6H2,(H,16,17)(H,18,19). The Labute approximate surface area is 111 Å². The molecule has 1 aromatic heterocycles. The number of carboxylic acid groups (broad SMARTS) is 1. The minimum absolute atomic E-state index is 0.128. The number of nitriles is 1. The molecule has 6 nitrogen and oxygen atoms in total. The number of anilines is 1. The maximum atomic E-state index is 11.2. The van der Waals surface area contributed by atoms with Crippen molar-refractivity contribution in [2.75, 3.05) is 11.9 Å². The van der Waals surface area contributed by atoms with Crippen LogP contribution in [0.2, 0.25) is 0 Å². The average Bonchev–Trinajstić information content (AvgIpc) is 2.46. The molecule has 6 heteroatoms. The molecule has 0 radical (unpaired) electrons. The van der Waals surface area contributed by atoms with Gasteiger partial charge < -0.3 is 10.4 Å². The van der Waals surface area contributed by atoms with E-state index >= 15 is 0 Å². The van der Waals surface area contributed by atoms with Gasteiger partial charge in [0.05, 0.1) is 18.3 Å². The summed E-state index contributed by atoms with van der Waals surface area (Å²) >= 11 is 0. The van der Waals surface area contributed by atoms with E-state index in [9.17, 15) is 9.90 Å². The molecule has 0 spiro atoms. The molecule has 0 aliphatic heterocycles. The third kappa shape index (κ3) is 3.41. The largest absolute Gasteiger partial charge is 0.481 e. The van der Waals surface area contributed by atoms with Crippen LogP contribution in [0.1, 0.15) is 31.4 Å². The molecular weight excluding hydrogens is 244 g/mol. The number of nitrogens with zero attached hydrogens (tertiary/aromatic N) is 3. The van der Waals surface area contributed by atoms with Crippen LogP contribution < -0.4 is 5.32 Å². The second-order valence-corrected chi connectivity index (χ2v) is 4.77. The van der Waals surface area contributed by atoms with Crippen LogP contribution in [0, 0.1) is 23.2 Å². The lowest BCUT2D eigenvalue weighted by Gasteiger charge is -2.28. The van der Waals surface area contributed by atoms with Crippen LogP contribution in [0.4, 0.5) is 5.82 Å². The Balaban J connectivity index is 1.92. The minimum Gasteiger partial charge on any atom is -0.481 e. The van der Waals surface area contributed by atoms with Crippen LogP contribution in [0.5, 0.6) is 0 Å². The molecule has 1 aliphatic rings. The van der Waals surface area contributed by atoms with Crippen LogP contribution in [-0.4, -0.2) is 27.6 Å². The number of carboxylic acids is 1. The summed E-state index contributed by atoms with van der Waals surface area (Å²) in [7, 11) is 0. The molecule has 0 aromatic carbocycles. The van der Waals surface area contributed by atoms with Crippen molar-refractivity contribution in [3.05, 3.63) is 18.1 Å². The van der Waals surface area contributed by atoms with Crippen molar-refractivity contribution >= 4 is 11.8 Å². The maximum absolute atomic E-state index is 11.2. The first kappa shape index (κ1) is 13.3. The van der Waals surface area contributed by atoms with Gasteiger partial charge in [-0.3, -0.25) is 4.79 Å². The summed E-state index contributed by atoms with van der Waals surface area (Å²) in [4.78, 5) is 19.1. The van der Waals surface area contributed by atoms with Crippen LogP contribution in [-0.2, 0) is 4.79 Å². The lowest BCUT2D eigenvalue weighted by molar-refractivity contribution is -0.144. The zero-order chi connectivity index (χ0) is 13.7. The third-order valence-corrected chi connectivity index (χ3v) is 3.54. The van der Waals surface area contributed by atoms with E-state index in [1.807, 2.05) is 6.07 Å². The number of hydrogen-bond acceptors (Lipinski definition) is 5. The Morgan fingerprint density at radius 1 is 1.42 bits per heavy atom. The summed E-state index contributed by atoms with van der Waals surface area (Å²) in [6.45, 7) is 0.581. The van der Waals surface area contributed by atoms with Gasteiger partial charge in [-0.1, -0.05) is 12.8 Å². The first-order valence-electron chi connectivity index (χ1n) is 6.39. The Hall–Kier alpha value is -2.16. The van der Waals surface area contributed by atoms with Gasteiger partial charge in [-0.15, -0.1) is 0 Å². The van der Waals surface area contributed by atoms with Gasteiger partial charge in [0.2, 0.25) is 0 Å². The number of aliphatic carboxylic acids is 1. The van der Waals surface area contributed by atoms with E-state index in [0.29, 0.717) is 12.4 Å². The van der Waals surface area contributed by atoms with Crippen molar-refractivity contribution in [1.29, 1.82) is 5.26 Å². The fourth-order valence-corrected chi connectivity index (χ4v) is 2.49. The quantitative estimate of drug-likeness (QED) is 0.854. The summed E-state index contributed by atoms with van der Waals surface area (Å²) in [6.07, 6.45) is 6.64. The molecule has 2 unspecified atom stereocenters. The van der Waals surface area contributed by atoms with Gasteiger partial charge in [-0.25, -0.2) is 9.97 Å². The van der Waals surface area contributed by atoms with Gasteiger partial charge in [-0.2, -0.15) is 5.26 Å². The van der Waals surface area contributed by atoms with E-state index in [4.69, 9.17) is 5.26 Å². The monoisotopic (exact) mass is 260 g/mol. The molecule has 2 N–H and O–H groups in total. The van der Waals surface area contributed by atoms with E-state index in [-0.39, 0.29) is 17.5 Å². The van der Waals surface area contributed by atoms with Crippen molar-refractivity contribution in [2.24, 2.45) is 11.8 Å². The van der Waals surface area contributed by atoms with Gasteiger partial charge >= 0.3 is 5.97 Å². The molecule has 0 amide bonds. The van der Waals surface area contributed by atoms with Gasteiger partial charge in [-0.05, 0) is 18.8 Å². The summed E-state index contributed by atoms with van der Waals surface area (Å²) in [5.41, 5.74) is 0.270. The molecule has 100 valence electrons. The summed E-state index contributed by atoms with van der Waals surface area (Å²) in [5, 5.41) is 20.9. The lowest BCUT2D eigenvalue weighted by atomic mass is 9.79. The lowest BCUT2D eigenvalue weighted by Crippen LogP contribution is -2.31. The summed E-state index contributed by atoms with van der Waals surface area (Å²) in [5.74, 6) is -0.276. The molecule has 0 bridgehead atoms. The predicted octanol–water partition coefficient (Wildman–Crippen LogP) is 1.65. The van der Waals surface area contributed by atoms with E-state index in [2.05, 4.69) is 15.3 Å². The van der Waals surface area contributed by atoms with Crippen molar-refractivity contribution in [2.45, 2.75) is 25.7 Å². The second kappa shape index (κ2) is 6.14. The molecule has 1 aromatic rings. The van der Waals surface area contributed by atoms with Crippen LogP contribution in [0.3, 0.4) is 0 Å². The fraction of sp³-hybridized carbons (Fsp3) is 0.538. The Bertz CT molecular complexity index is 480. The number of hydrogen-bond donors (Lipinski definition) is 2. The Morgan fingerprint density at radius 3 is 2.84 bits per heavy atom. The highest BCUT2D eigenvalue weighted by atomic mass is 16.4. The van der Waals surface area contributed by atoms with E-state index in [1.165, 1.54) is 12.4 Å². The molecule has 2 rings (SSSR count). The highest BCUT2D eigenvalue weighted by molar-refractivity contribution is 5.70. The predicted molar refractivity (Wildman–Crippen MR) is 68.3 cm³/mol. The third-order valence-electron chi connectivity index (χ3n) is 3.54. The molecule has 1 saturated carbocycles. The smallest absolute Gasteiger partial charge is 0.306 e. The van der Waals surface area contributed by atoms with Crippen LogP contribution in [0.15, 0.2) is 12.4 Å². The normalized spacial score (nSPS) is 22.5. The number of carbonyl (C=O) groups is 1. The van der Waals surface area contributed by atoms with E-state index < -0.39 is 5.97 Å².